The van der Waals surface area contributed by atoms with Crippen molar-refractivity contribution < 1.29 is 9.18 Å². The number of benzene rings is 2. The summed E-state index contributed by atoms with van der Waals surface area (Å²) in [6.45, 7) is 3.88. The summed E-state index contributed by atoms with van der Waals surface area (Å²) >= 11 is 3.05. The highest BCUT2D eigenvalue weighted by molar-refractivity contribution is 9.10. The van der Waals surface area contributed by atoms with E-state index in [1.54, 1.807) is 18.2 Å². The SMILES string of the molecule is Cc1cc(N)c(NC(=O)c2ccc(Br)c(F)c2)cc1C. The monoisotopic (exact) mass is 336 g/mol. The highest BCUT2D eigenvalue weighted by Gasteiger charge is 2.11. The van der Waals surface area contributed by atoms with Gasteiger partial charge in [-0.1, -0.05) is 0 Å². The minimum absolute atomic E-state index is 0.239. The second kappa shape index (κ2) is 5.63. The number of amides is 1. The maximum absolute atomic E-state index is 13.4. The molecule has 0 spiro atoms. The zero-order valence-electron chi connectivity index (χ0n) is 11.1. The van der Waals surface area contributed by atoms with Gasteiger partial charge in [-0.15, -0.1) is 0 Å². The lowest BCUT2D eigenvalue weighted by Gasteiger charge is -2.11. The van der Waals surface area contributed by atoms with E-state index in [1.807, 2.05) is 13.8 Å². The van der Waals surface area contributed by atoms with Crippen LogP contribution >= 0.6 is 15.9 Å². The molecule has 0 bridgehead atoms. The van der Waals surface area contributed by atoms with Gasteiger partial charge in [0, 0.05) is 5.56 Å². The van der Waals surface area contributed by atoms with Crippen LogP contribution in [0.5, 0.6) is 0 Å². The zero-order chi connectivity index (χ0) is 14.9. The standard InChI is InChI=1S/C15H14BrFN2O/c1-8-5-13(18)14(6-9(8)2)19-15(20)10-3-4-11(16)12(17)7-10/h3-7H,18H2,1-2H3,(H,19,20). The highest BCUT2D eigenvalue weighted by atomic mass is 79.9. The van der Waals surface area contributed by atoms with Gasteiger partial charge in [-0.25, -0.2) is 4.39 Å². The largest absolute Gasteiger partial charge is 0.397 e. The van der Waals surface area contributed by atoms with Crippen molar-refractivity contribution in [2.45, 2.75) is 13.8 Å². The molecule has 2 aromatic rings. The molecule has 3 N–H and O–H groups in total. The molecule has 0 aromatic heterocycles. The Morgan fingerprint density at radius 1 is 1.20 bits per heavy atom. The number of carbonyl (C=O) groups is 1. The predicted molar refractivity (Wildman–Crippen MR) is 82.4 cm³/mol. The molecule has 0 aliphatic carbocycles. The van der Waals surface area contributed by atoms with Crippen LogP contribution in [0.2, 0.25) is 0 Å². The molecular formula is C15H14BrFN2O. The van der Waals surface area contributed by atoms with E-state index in [0.29, 0.717) is 15.8 Å². The third kappa shape index (κ3) is 2.99. The molecule has 0 heterocycles. The summed E-state index contributed by atoms with van der Waals surface area (Å²) in [6, 6.07) is 7.81. The fourth-order valence-corrected chi connectivity index (χ4v) is 2.03. The van der Waals surface area contributed by atoms with Crippen LogP contribution in [-0.4, -0.2) is 5.91 Å². The Hall–Kier alpha value is -1.88. The van der Waals surface area contributed by atoms with E-state index < -0.39 is 11.7 Å². The lowest BCUT2D eigenvalue weighted by Crippen LogP contribution is -2.13. The van der Waals surface area contributed by atoms with Gasteiger partial charge in [0.15, 0.2) is 0 Å². The average Bonchev–Trinajstić information content (AvgIpc) is 2.39. The van der Waals surface area contributed by atoms with Crippen molar-refractivity contribution in [3.8, 4) is 0 Å². The van der Waals surface area contributed by atoms with Crippen molar-refractivity contribution in [1.82, 2.24) is 0 Å². The van der Waals surface area contributed by atoms with Gasteiger partial charge >= 0.3 is 0 Å². The molecule has 2 aromatic carbocycles. The van der Waals surface area contributed by atoms with E-state index in [9.17, 15) is 9.18 Å². The van der Waals surface area contributed by atoms with Crippen LogP contribution in [0.3, 0.4) is 0 Å². The average molecular weight is 337 g/mol. The van der Waals surface area contributed by atoms with Crippen molar-refractivity contribution >= 4 is 33.2 Å². The molecule has 0 saturated heterocycles. The molecule has 104 valence electrons. The van der Waals surface area contributed by atoms with E-state index in [0.717, 1.165) is 11.1 Å². The molecule has 0 saturated carbocycles. The maximum atomic E-state index is 13.4. The van der Waals surface area contributed by atoms with E-state index in [-0.39, 0.29) is 5.56 Å². The lowest BCUT2D eigenvalue weighted by molar-refractivity contribution is 0.102. The molecule has 0 fully saturated rings. The molecule has 1 amide bonds. The van der Waals surface area contributed by atoms with Crippen LogP contribution in [0.15, 0.2) is 34.8 Å². The minimum atomic E-state index is -0.481. The molecule has 5 heteroatoms. The fourth-order valence-electron chi connectivity index (χ4n) is 1.78. The van der Waals surface area contributed by atoms with Crippen molar-refractivity contribution in [3.05, 3.63) is 57.3 Å². The summed E-state index contributed by atoms with van der Waals surface area (Å²) in [5.41, 5.74) is 9.20. The number of halogens is 2. The topological polar surface area (TPSA) is 55.1 Å². The number of nitrogens with one attached hydrogen (secondary N) is 1. The Kier molecular flexibility index (Phi) is 4.09. The number of rotatable bonds is 2. The Labute approximate surface area is 125 Å². The Bertz CT molecular complexity index is 686. The van der Waals surface area contributed by atoms with Crippen LogP contribution in [0.25, 0.3) is 0 Å². The molecule has 20 heavy (non-hydrogen) atoms. The summed E-state index contributed by atoms with van der Waals surface area (Å²) in [4.78, 5) is 12.1. The second-order valence-electron chi connectivity index (χ2n) is 4.61. The van der Waals surface area contributed by atoms with Gasteiger partial charge in [0.1, 0.15) is 5.82 Å². The molecule has 0 aliphatic rings. The van der Waals surface area contributed by atoms with Crippen LogP contribution in [0.1, 0.15) is 21.5 Å². The third-order valence-electron chi connectivity index (χ3n) is 3.10. The number of aryl methyl sites for hydroxylation is 2. The summed E-state index contributed by atoms with van der Waals surface area (Å²) in [7, 11) is 0. The van der Waals surface area contributed by atoms with Crippen molar-refractivity contribution in [3.63, 3.8) is 0 Å². The quantitative estimate of drug-likeness (QED) is 0.813. The first-order valence-electron chi connectivity index (χ1n) is 6.01. The number of carbonyl (C=O) groups excluding carboxylic acids is 1. The second-order valence-corrected chi connectivity index (χ2v) is 5.46. The molecular weight excluding hydrogens is 323 g/mol. The summed E-state index contributed by atoms with van der Waals surface area (Å²) < 4.78 is 13.7. The molecule has 3 nitrogen and oxygen atoms in total. The number of hydrogen-bond donors (Lipinski definition) is 2. The Balaban J connectivity index is 2.27. The predicted octanol–water partition coefficient (Wildman–Crippen LogP) is 4.04. The molecule has 0 atom stereocenters. The third-order valence-corrected chi connectivity index (χ3v) is 3.74. The van der Waals surface area contributed by atoms with E-state index in [4.69, 9.17) is 5.73 Å². The van der Waals surface area contributed by atoms with Crippen LogP contribution < -0.4 is 11.1 Å². The number of hydrogen-bond acceptors (Lipinski definition) is 2. The van der Waals surface area contributed by atoms with Gasteiger partial charge < -0.3 is 11.1 Å². The summed E-state index contributed by atoms with van der Waals surface area (Å²) in [5, 5.41) is 2.70. The zero-order valence-corrected chi connectivity index (χ0v) is 12.7. The van der Waals surface area contributed by atoms with Gasteiger partial charge in [-0.3, -0.25) is 4.79 Å². The van der Waals surface area contributed by atoms with Crippen LogP contribution in [0, 0.1) is 19.7 Å². The minimum Gasteiger partial charge on any atom is -0.397 e. The van der Waals surface area contributed by atoms with Crippen molar-refractivity contribution in [1.29, 1.82) is 0 Å². The fraction of sp³-hybridized carbons (Fsp3) is 0.133. The summed E-state index contributed by atoms with van der Waals surface area (Å²) in [6.07, 6.45) is 0. The first-order valence-corrected chi connectivity index (χ1v) is 6.81. The van der Waals surface area contributed by atoms with Gasteiger partial charge in [0.05, 0.1) is 15.8 Å². The normalized spacial score (nSPS) is 10.4. The molecule has 0 radical (unpaired) electrons. The van der Waals surface area contributed by atoms with Gasteiger partial charge in [-0.2, -0.15) is 0 Å². The number of anilines is 2. The van der Waals surface area contributed by atoms with Crippen LogP contribution in [-0.2, 0) is 0 Å². The van der Waals surface area contributed by atoms with Crippen molar-refractivity contribution in [2.75, 3.05) is 11.1 Å². The highest BCUT2D eigenvalue weighted by Crippen LogP contribution is 2.24. The lowest BCUT2D eigenvalue weighted by atomic mass is 10.1. The number of nitrogens with two attached hydrogens (primary N) is 1. The van der Waals surface area contributed by atoms with Gasteiger partial charge in [0.2, 0.25) is 0 Å². The van der Waals surface area contributed by atoms with Gasteiger partial charge in [0.25, 0.3) is 5.91 Å². The first kappa shape index (κ1) is 14.5. The van der Waals surface area contributed by atoms with Crippen LogP contribution in [0.4, 0.5) is 15.8 Å². The first-order chi connectivity index (χ1) is 9.38. The maximum Gasteiger partial charge on any atom is 0.255 e. The van der Waals surface area contributed by atoms with E-state index in [1.165, 1.54) is 12.1 Å². The van der Waals surface area contributed by atoms with Crippen molar-refractivity contribution in [2.24, 2.45) is 0 Å². The van der Waals surface area contributed by atoms with E-state index in [2.05, 4.69) is 21.2 Å². The smallest absolute Gasteiger partial charge is 0.255 e. The van der Waals surface area contributed by atoms with E-state index >= 15 is 0 Å². The number of nitrogen functional groups attached to an aromatic ring is 1. The molecule has 0 unspecified atom stereocenters. The Morgan fingerprint density at radius 2 is 1.85 bits per heavy atom. The van der Waals surface area contributed by atoms with Gasteiger partial charge in [-0.05, 0) is 71.2 Å². The summed E-state index contributed by atoms with van der Waals surface area (Å²) in [5.74, 6) is -0.878. The Morgan fingerprint density at radius 3 is 2.50 bits per heavy atom. The molecule has 2 rings (SSSR count). The molecule has 0 aliphatic heterocycles.